The summed E-state index contributed by atoms with van der Waals surface area (Å²) in [5.74, 6) is 0. The van der Waals surface area contributed by atoms with Crippen LogP contribution in [-0.2, 0) is 26.9 Å². The van der Waals surface area contributed by atoms with E-state index in [-0.39, 0.29) is 6.04 Å². The predicted molar refractivity (Wildman–Crippen MR) is 78.9 cm³/mol. The largest absolute Gasteiger partial charge is 0.324 e. The van der Waals surface area contributed by atoms with Gasteiger partial charge in [-0.05, 0) is 29.3 Å². The fraction of sp³-hybridized carbons (Fsp3) is 0.538. The summed E-state index contributed by atoms with van der Waals surface area (Å²) in [6, 6.07) is -0.0647. The van der Waals surface area contributed by atoms with Gasteiger partial charge in [0.15, 0.2) is 0 Å². The molecule has 0 aliphatic rings. The van der Waals surface area contributed by atoms with Gasteiger partial charge in [-0.3, -0.25) is 9.36 Å². The minimum atomic E-state index is -0.0647. The summed E-state index contributed by atoms with van der Waals surface area (Å²) in [5, 5.41) is 8.74. The van der Waals surface area contributed by atoms with Gasteiger partial charge in [-0.25, -0.2) is 0 Å². The van der Waals surface area contributed by atoms with E-state index in [1.807, 2.05) is 36.6 Å². The second-order valence-electron chi connectivity index (χ2n) is 4.80. The number of aromatic nitrogens is 4. The Morgan fingerprint density at radius 3 is 2.53 bits per heavy atom. The lowest BCUT2D eigenvalue weighted by Gasteiger charge is -2.12. The summed E-state index contributed by atoms with van der Waals surface area (Å²) < 4.78 is 4.84. The van der Waals surface area contributed by atoms with Crippen LogP contribution >= 0.6 is 15.9 Å². The molecule has 0 spiro atoms. The van der Waals surface area contributed by atoms with Crippen LogP contribution in [0.2, 0.25) is 0 Å². The van der Waals surface area contributed by atoms with E-state index in [1.54, 1.807) is 0 Å². The second-order valence-corrected chi connectivity index (χ2v) is 5.60. The molecule has 6 heteroatoms. The third-order valence-electron chi connectivity index (χ3n) is 3.59. The average molecular weight is 326 g/mol. The van der Waals surface area contributed by atoms with Gasteiger partial charge in [-0.2, -0.15) is 10.2 Å². The highest BCUT2D eigenvalue weighted by Crippen LogP contribution is 2.26. The van der Waals surface area contributed by atoms with Gasteiger partial charge in [-0.15, -0.1) is 0 Å². The summed E-state index contributed by atoms with van der Waals surface area (Å²) >= 11 is 3.63. The molecule has 0 radical (unpaired) electrons. The maximum atomic E-state index is 6.31. The van der Waals surface area contributed by atoms with Crippen molar-refractivity contribution in [1.82, 2.24) is 19.6 Å². The Bertz CT molecular complexity index is 584. The van der Waals surface area contributed by atoms with Crippen molar-refractivity contribution in [3.8, 4) is 0 Å². The molecule has 2 heterocycles. The van der Waals surface area contributed by atoms with E-state index < -0.39 is 0 Å². The predicted octanol–water partition coefficient (Wildman–Crippen LogP) is 2.03. The number of hydrogen-bond acceptors (Lipinski definition) is 3. The van der Waals surface area contributed by atoms with Crippen molar-refractivity contribution in [2.24, 2.45) is 19.8 Å². The molecule has 0 bridgehead atoms. The fourth-order valence-corrected chi connectivity index (χ4v) is 3.02. The molecule has 0 fully saturated rings. The normalized spacial score (nSPS) is 12.9. The molecular weight excluding hydrogens is 306 g/mol. The van der Waals surface area contributed by atoms with Gasteiger partial charge in [0, 0.05) is 37.8 Å². The lowest BCUT2D eigenvalue weighted by atomic mass is 10.0. The number of nitrogens with two attached hydrogens (primary N) is 1. The zero-order valence-corrected chi connectivity index (χ0v) is 13.4. The third-order valence-corrected chi connectivity index (χ3v) is 4.50. The van der Waals surface area contributed by atoms with Crippen LogP contribution in [0.5, 0.6) is 0 Å². The SMILES string of the molecule is CCc1nn(C)c(CC(N)c2cnn(C)c2C)c1Br. The lowest BCUT2D eigenvalue weighted by molar-refractivity contribution is 0.632. The molecule has 2 rings (SSSR count). The van der Waals surface area contributed by atoms with Crippen LogP contribution < -0.4 is 5.73 Å². The van der Waals surface area contributed by atoms with E-state index in [1.165, 1.54) is 0 Å². The van der Waals surface area contributed by atoms with Crippen molar-refractivity contribution in [3.05, 3.63) is 33.3 Å². The van der Waals surface area contributed by atoms with E-state index in [9.17, 15) is 0 Å². The first-order valence-electron chi connectivity index (χ1n) is 6.40. The summed E-state index contributed by atoms with van der Waals surface area (Å²) in [5.41, 5.74) is 10.7. The van der Waals surface area contributed by atoms with Crippen LogP contribution in [-0.4, -0.2) is 19.6 Å². The molecule has 19 heavy (non-hydrogen) atoms. The Balaban J connectivity index is 2.26. The molecule has 2 aromatic rings. The second kappa shape index (κ2) is 5.46. The van der Waals surface area contributed by atoms with E-state index in [4.69, 9.17) is 5.73 Å². The van der Waals surface area contributed by atoms with E-state index >= 15 is 0 Å². The number of halogens is 1. The van der Waals surface area contributed by atoms with Gasteiger partial charge in [-0.1, -0.05) is 6.92 Å². The number of aryl methyl sites for hydroxylation is 3. The van der Waals surface area contributed by atoms with Crippen molar-refractivity contribution < 1.29 is 0 Å². The van der Waals surface area contributed by atoms with Gasteiger partial charge < -0.3 is 5.73 Å². The molecule has 1 unspecified atom stereocenters. The van der Waals surface area contributed by atoms with Gasteiger partial charge in [0.25, 0.3) is 0 Å². The highest BCUT2D eigenvalue weighted by Gasteiger charge is 2.19. The Labute approximate surface area is 121 Å². The van der Waals surface area contributed by atoms with E-state index in [0.29, 0.717) is 0 Å². The van der Waals surface area contributed by atoms with Gasteiger partial charge in [0.2, 0.25) is 0 Å². The Morgan fingerprint density at radius 1 is 1.37 bits per heavy atom. The summed E-state index contributed by atoms with van der Waals surface area (Å²) in [7, 11) is 3.89. The zero-order valence-electron chi connectivity index (χ0n) is 11.8. The van der Waals surface area contributed by atoms with Crippen LogP contribution in [0.4, 0.5) is 0 Å². The topological polar surface area (TPSA) is 61.7 Å². The lowest BCUT2D eigenvalue weighted by Crippen LogP contribution is -2.16. The maximum absolute atomic E-state index is 6.31. The fourth-order valence-electron chi connectivity index (χ4n) is 2.24. The molecule has 1 atom stereocenters. The number of hydrogen-bond donors (Lipinski definition) is 1. The minimum absolute atomic E-state index is 0.0647. The molecule has 5 nitrogen and oxygen atoms in total. The molecule has 2 N–H and O–H groups in total. The highest BCUT2D eigenvalue weighted by atomic mass is 79.9. The van der Waals surface area contributed by atoms with Gasteiger partial charge in [0.1, 0.15) is 0 Å². The molecule has 0 saturated carbocycles. The monoisotopic (exact) mass is 325 g/mol. The van der Waals surface area contributed by atoms with Crippen molar-refractivity contribution in [3.63, 3.8) is 0 Å². The number of rotatable bonds is 4. The highest BCUT2D eigenvalue weighted by molar-refractivity contribution is 9.10. The summed E-state index contributed by atoms with van der Waals surface area (Å²) in [6.07, 6.45) is 3.51. The Kier molecular flexibility index (Phi) is 4.10. The molecule has 0 amide bonds. The van der Waals surface area contributed by atoms with Crippen molar-refractivity contribution >= 4 is 15.9 Å². The molecule has 0 aliphatic carbocycles. The molecule has 0 saturated heterocycles. The standard InChI is InChI=1S/C13H20BrN5/c1-5-11-13(14)12(19(4)17-11)6-10(15)9-7-16-18(3)8(9)2/h7,10H,5-6,15H2,1-4H3. The van der Waals surface area contributed by atoms with Crippen LogP contribution in [0.1, 0.15) is 35.6 Å². The smallest absolute Gasteiger partial charge is 0.0766 e. The Morgan fingerprint density at radius 2 is 2.05 bits per heavy atom. The summed E-state index contributed by atoms with van der Waals surface area (Å²) in [6.45, 7) is 4.14. The van der Waals surface area contributed by atoms with Crippen LogP contribution in [0, 0.1) is 6.92 Å². The zero-order chi connectivity index (χ0) is 14.2. The average Bonchev–Trinajstić information content (AvgIpc) is 2.84. The quantitative estimate of drug-likeness (QED) is 0.935. The summed E-state index contributed by atoms with van der Waals surface area (Å²) in [4.78, 5) is 0. The molecule has 0 aliphatic heterocycles. The van der Waals surface area contributed by atoms with Gasteiger partial charge in [0.05, 0.1) is 22.1 Å². The molecule has 2 aromatic heterocycles. The first-order valence-corrected chi connectivity index (χ1v) is 7.19. The third kappa shape index (κ3) is 2.60. The number of nitrogens with zero attached hydrogens (tertiary/aromatic N) is 4. The van der Waals surface area contributed by atoms with Crippen LogP contribution in [0.15, 0.2) is 10.7 Å². The van der Waals surface area contributed by atoms with E-state index in [2.05, 4.69) is 33.1 Å². The van der Waals surface area contributed by atoms with Gasteiger partial charge >= 0.3 is 0 Å². The van der Waals surface area contributed by atoms with Crippen LogP contribution in [0.25, 0.3) is 0 Å². The van der Waals surface area contributed by atoms with Crippen molar-refractivity contribution in [1.29, 1.82) is 0 Å². The first-order chi connectivity index (χ1) is 8.95. The van der Waals surface area contributed by atoms with Crippen molar-refractivity contribution in [2.75, 3.05) is 0 Å². The molecular formula is C13H20BrN5. The molecule has 0 aromatic carbocycles. The maximum Gasteiger partial charge on any atom is 0.0766 e. The van der Waals surface area contributed by atoms with Crippen LogP contribution in [0.3, 0.4) is 0 Å². The first kappa shape index (κ1) is 14.3. The molecule has 104 valence electrons. The minimum Gasteiger partial charge on any atom is -0.324 e. The Hall–Kier alpha value is -1.14. The van der Waals surface area contributed by atoms with Crippen molar-refractivity contribution in [2.45, 2.75) is 32.7 Å². The van der Waals surface area contributed by atoms with E-state index in [0.717, 1.165) is 40.0 Å².